The van der Waals surface area contributed by atoms with Gasteiger partial charge in [0.1, 0.15) is 11.0 Å². The van der Waals surface area contributed by atoms with E-state index in [4.69, 9.17) is 27.9 Å². The molecule has 114 valence electrons. The van der Waals surface area contributed by atoms with Crippen molar-refractivity contribution in [2.75, 3.05) is 13.7 Å². The largest absolute Gasteiger partial charge is 0.464 e. The van der Waals surface area contributed by atoms with Gasteiger partial charge in [0.2, 0.25) is 5.28 Å². The molecule has 21 heavy (non-hydrogen) atoms. The van der Waals surface area contributed by atoms with Gasteiger partial charge in [-0.25, -0.2) is 14.8 Å². The number of carbonyl (C=O) groups excluding carboxylic acids is 1. The van der Waals surface area contributed by atoms with Crippen molar-refractivity contribution in [3.05, 3.63) is 16.1 Å². The molecule has 2 aromatic rings. The van der Waals surface area contributed by atoms with E-state index in [9.17, 15) is 4.79 Å². The van der Waals surface area contributed by atoms with Crippen molar-refractivity contribution >= 4 is 40.2 Å². The molecule has 0 aliphatic carbocycles. The molecule has 0 aromatic carbocycles. The van der Waals surface area contributed by atoms with Crippen molar-refractivity contribution in [1.82, 2.24) is 19.7 Å². The highest BCUT2D eigenvalue weighted by atomic mass is 35.5. The molecule has 9 heteroatoms. The lowest BCUT2D eigenvalue weighted by atomic mass is 10.3. The third-order valence-corrected chi connectivity index (χ3v) is 3.08. The smallest absolute Gasteiger partial charge is 0.360 e. The fourth-order valence-corrected chi connectivity index (χ4v) is 2.26. The summed E-state index contributed by atoms with van der Waals surface area (Å²) in [7, 11) is 1.26. The van der Waals surface area contributed by atoms with Gasteiger partial charge in [0.15, 0.2) is 10.8 Å². The van der Waals surface area contributed by atoms with E-state index < -0.39 is 5.97 Å². The van der Waals surface area contributed by atoms with Crippen LogP contribution in [0.1, 0.15) is 24.3 Å². The van der Waals surface area contributed by atoms with Crippen LogP contribution < -0.4 is 0 Å². The number of carbonyl (C=O) groups is 1. The number of methoxy groups -OCH3 is 1. The van der Waals surface area contributed by atoms with Crippen LogP contribution in [0.25, 0.3) is 11.0 Å². The summed E-state index contributed by atoms with van der Waals surface area (Å²) in [6, 6.07) is 0. The Morgan fingerprint density at radius 2 is 2.05 bits per heavy atom. The van der Waals surface area contributed by atoms with Crippen molar-refractivity contribution in [3.63, 3.8) is 0 Å². The predicted octanol–water partition coefficient (Wildman–Crippen LogP) is 2.34. The monoisotopic (exact) mass is 332 g/mol. The van der Waals surface area contributed by atoms with E-state index in [2.05, 4.69) is 19.8 Å². The summed E-state index contributed by atoms with van der Waals surface area (Å²) in [6.07, 6.45) is 0.0908. The van der Waals surface area contributed by atoms with Gasteiger partial charge in [-0.3, -0.25) is 4.68 Å². The number of hydrogen-bond acceptors (Lipinski definition) is 6. The average molecular weight is 333 g/mol. The number of halogens is 2. The molecule has 2 heterocycles. The second-order valence-corrected chi connectivity index (χ2v) is 5.16. The van der Waals surface area contributed by atoms with E-state index in [0.29, 0.717) is 18.7 Å². The van der Waals surface area contributed by atoms with Gasteiger partial charge in [0, 0.05) is 0 Å². The lowest BCUT2D eigenvalue weighted by Gasteiger charge is -2.08. The summed E-state index contributed by atoms with van der Waals surface area (Å²) in [5, 5.41) is 4.24. The summed E-state index contributed by atoms with van der Waals surface area (Å²) in [4.78, 5) is 19.7. The minimum atomic E-state index is -0.616. The molecule has 2 rings (SSSR count). The fourth-order valence-electron chi connectivity index (χ4n) is 1.78. The second kappa shape index (κ2) is 6.55. The van der Waals surface area contributed by atoms with Crippen LogP contribution in [-0.4, -0.2) is 45.5 Å². The molecule has 0 aliphatic heterocycles. The topological polar surface area (TPSA) is 79.1 Å². The highest BCUT2D eigenvalue weighted by Gasteiger charge is 2.22. The zero-order chi connectivity index (χ0) is 15.6. The Morgan fingerprint density at radius 1 is 1.33 bits per heavy atom. The minimum absolute atomic E-state index is 0.0447. The summed E-state index contributed by atoms with van der Waals surface area (Å²) in [5.41, 5.74) is 0.730. The summed E-state index contributed by atoms with van der Waals surface area (Å²) in [5.74, 6) is -0.616. The maximum absolute atomic E-state index is 11.8. The quantitative estimate of drug-likeness (QED) is 0.475. The van der Waals surface area contributed by atoms with Gasteiger partial charge in [-0.05, 0) is 25.4 Å². The Bertz CT molecular complexity index is 672. The van der Waals surface area contributed by atoms with Crippen molar-refractivity contribution in [3.8, 4) is 0 Å². The van der Waals surface area contributed by atoms with Gasteiger partial charge in [-0.15, -0.1) is 0 Å². The summed E-state index contributed by atoms with van der Waals surface area (Å²) in [6.45, 7) is 4.66. The number of hydrogen-bond donors (Lipinski definition) is 0. The number of aromatic nitrogens is 4. The molecular weight excluding hydrogens is 319 g/mol. The summed E-state index contributed by atoms with van der Waals surface area (Å²) >= 11 is 11.9. The zero-order valence-corrected chi connectivity index (χ0v) is 13.3. The van der Waals surface area contributed by atoms with Crippen molar-refractivity contribution in [2.24, 2.45) is 0 Å². The molecule has 0 spiro atoms. The normalized spacial score (nSPS) is 11.3. The van der Waals surface area contributed by atoms with Crippen LogP contribution in [0.5, 0.6) is 0 Å². The minimum Gasteiger partial charge on any atom is -0.464 e. The Morgan fingerprint density at radius 3 is 2.67 bits per heavy atom. The number of esters is 1. The van der Waals surface area contributed by atoms with E-state index in [1.807, 2.05) is 13.8 Å². The van der Waals surface area contributed by atoms with Gasteiger partial charge in [-0.2, -0.15) is 5.10 Å². The Balaban J connectivity index is 2.47. The van der Waals surface area contributed by atoms with Crippen molar-refractivity contribution < 1.29 is 14.3 Å². The van der Waals surface area contributed by atoms with E-state index in [1.54, 1.807) is 0 Å². The van der Waals surface area contributed by atoms with Gasteiger partial charge in [-0.1, -0.05) is 11.6 Å². The second-order valence-electron chi connectivity index (χ2n) is 4.46. The van der Waals surface area contributed by atoms with Crippen molar-refractivity contribution in [2.45, 2.75) is 26.5 Å². The Kier molecular flexibility index (Phi) is 4.97. The molecule has 0 fully saturated rings. The molecule has 0 N–H and O–H groups in total. The standard InChI is InChI=1S/C12H14Cl2N4O3/c1-6(2)21-5-4-18-9-7(8(17-18)11(19)20-3)15-12(14)16-10(9)13/h6H,4-5H2,1-3H3. The number of ether oxygens (including phenoxy) is 2. The molecule has 0 saturated carbocycles. The van der Waals surface area contributed by atoms with Crippen LogP contribution in [0.2, 0.25) is 10.4 Å². The molecule has 7 nitrogen and oxygen atoms in total. The van der Waals surface area contributed by atoms with Gasteiger partial charge < -0.3 is 9.47 Å². The third kappa shape index (κ3) is 3.42. The number of fused-ring (bicyclic) bond motifs is 1. The molecule has 2 aromatic heterocycles. The first-order valence-corrected chi connectivity index (χ1v) is 6.99. The third-order valence-electron chi connectivity index (χ3n) is 2.65. The maximum Gasteiger partial charge on any atom is 0.360 e. The van der Waals surface area contributed by atoms with Gasteiger partial charge >= 0.3 is 5.97 Å². The van der Waals surface area contributed by atoms with Gasteiger partial charge in [0.25, 0.3) is 0 Å². The van der Waals surface area contributed by atoms with Crippen LogP contribution in [0, 0.1) is 0 Å². The highest BCUT2D eigenvalue weighted by Crippen LogP contribution is 2.25. The molecule has 0 aliphatic rings. The predicted molar refractivity (Wildman–Crippen MR) is 77.8 cm³/mol. The fraction of sp³-hybridized carbons (Fsp3) is 0.500. The van der Waals surface area contributed by atoms with Crippen LogP contribution >= 0.6 is 23.2 Å². The molecule has 0 atom stereocenters. The van der Waals surface area contributed by atoms with Crippen LogP contribution in [0.15, 0.2) is 0 Å². The van der Waals surface area contributed by atoms with E-state index in [-0.39, 0.29) is 27.8 Å². The van der Waals surface area contributed by atoms with E-state index in [1.165, 1.54) is 11.8 Å². The van der Waals surface area contributed by atoms with Crippen LogP contribution in [0.3, 0.4) is 0 Å². The molecule has 0 unspecified atom stereocenters. The lowest BCUT2D eigenvalue weighted by molar-refractivity contribution is 0.0589. The molecule has 0 bridgehead atoms. The maximum atomic E-state index is 11.8. The van der Waals surface area contributed by atoms with Crippen molar-refractivity contribution in [1.29, 1.82) is 0 Å². The zero-order valence-electron chi connectivity index (χ0n) is 11.8. The first-order chi connectivity index (χ1) is 9.93. The Labute approximate surface area is 131 Å². The van der Waals surface area contributed by atoms with E-state index in [0.717, 1.165) is 0 Å². The molecule has 0 saturated heterocycles. The lowest BCUT2D eigenvalue weighted by Crippen LogP contribution is -2.12. The van der Waals surface area contributed by atoms with Crippen LogP contribution in [-0.2, 0) is 16.0 Å². The molecular formula is C12H14Cl2N4O3. The highest BCUT2D eigenvalue weighted by molar-refractivity contribution is 6.35. The van der Waals surface area contributed by atoms with Crippen LogP contribution in [0.4, 0.5) is 0 Å². The molecule has 0 amide bonds. The SMILES string of the molecule is COC(=O)c1nn(CCOC(C)C)c2c(Cl)nc(Cl)nc12. The first kappa shape index (κ1) is 15.9. The number of nitrogens with zero attached hydrogens (tertiary/aromatic N) is 4. The van der Waals surface area contributed by atoms with E-state index >= 15 is 0 Å². The Hall–Kier alpha value is -1.44. The van der Waals surface area contributed by atoms with Gasteiger partial charge in [0.05, 0.1) is 26.4 Å². The molecule has 0 radical (unpaired) electrons. The number of rotatable bonds is 5. The average Bonchev–Trinajstić information content (AvgIpc) is 2.76. The summed E-state index contributed by atoms with van der Waals surface area (Å²) < 4.78 is 11.7. The first-order valence-electron chi connectivity index (χ1n) is 6.23.